The largest absolute Gasteiger partial charge is 0.396 e. The van der Waals surface area contributed by atoms with E-state index < -0.39 is 17.1 Å². The second-order valence-electron chi connectivity index (χ2n) is 7.88. The van der Waals surface area contributed by atoms with Crippen LogP contribution < -0.4 is 21.8 Å². The third-order valence-corrected chi connectivity index (χ3v) is 5.91. The average Bonchev–Trinajstić information content (AvgIpc) is 3.27. The number of benzene rings is 1. The molecule has 0 atom stereocenters. The molecule has 2 aliphatic rings. The number of hydrogen-bond acceptors (Lipinski definition) is 5. The van der Waals surface area contributed by atoms with Gasteiger partial charge in [-0.1, -0.05) is 25.0 Å². The second-order valence-corrected chi connectivity index (χ2v) is 7.88. The van der Waals surface area contributed by atoms with Crippen LogP contribution in [-0.4, -0.2) is 36.1 Å². The van der Waals surface area contributed by atoms with Gasteiger partial charge >= 0.3 is 0 Å². The van der Waals surface area contributed by atoms with Crippen LogP contribution in [-0.2, 0) is 0 Å². The molecule has 1 aliphatic carbocycles. The fourth-order valence-electron chi connectivity index (χ4n) is 4.31. The molecule has 0 amide bonds. The summed E-state index contributed by atoms with van der Waals surface area (Å²) in [7, 11) is 1.96. The number of allylic oxidation sites excluding steroid dienone is 2. The lowest BCUT2D eigenvalue weighted by atomic mass is 10.1. The van der Waals surface area contributed by atoms with Crippen molar-refractivity contribution in [3.8, 4) is 0 Å². The van der Waals surface area contributed by atoms with Crippen LogP contribution in [0.1, 0.15) is 31.7 Å². The van der Waals surface area contributed by atoms with Gasteiger partial charge in [0.25, 0.3) is 0 Å². The van der Waals surface area contributed by atoms with Crippen molar-refractivity contribution in [1.82, 2.24) is 14.8 Å². The van der Waals surface area contributed by atoms with E-state index in [-0.39, 0.29) is 34.9 Å². The molecule has 1 saturated carbocycles. The third-order valence-electron chi connectivity index (χ3n) is 5.91. The fraction of sp³-hybridized carbons (Fsp3) is 0.409. The minimum Gasteiger partial charge on any atom is -0.396 e. The van der Waals surface area contributed by atoms with Gasteiger partial charge in [0.2, 0.25) is 0 Å². The van der Waals surface area contributed by atoms with Gasteiger partial charge in [0.15, 0.2) is 17.1 Å². The molecule has 0 bridgehead atoms. The van der Waals surface area contributed by atoms with Crippen molar-refractivity contribution in [1.29, 1.82) is 0 Å². The Kier molecular flexibility index (Phi) is 5.65. The molecule has 1 aromatic carbocycles. The Balaban J connectivity index is 1.63. The molecule has 0 saturated heterocycles. The number of aromatic nitrogens is 1. The van der Waals surface area contributed by atoms with Crippen molar-refractivity contribution >= 4 is 22.3 Å². The van der Waals surface area contributed by atoms with Crippen LogP contribution in [0.25, 0.3) is 10.9 Å². The zero-order chi connectivity index (χ0) is 21.3. The number of hydrogen-bond donors (Lipinski definition) is 3. The molecule has 4 rings (SSSR count). The van der Waals surface area contributed by atoms with E-state index in [9.17, 15) is 9.18 Å². The Labute approximate surface area is 174 Å². The summed E-state index contributed by atoms with van der Waals surface area (Å²) in [4.78, 5) is 14.4. The molecule has 0 unspecified atom stereocenters. The zero-order valence-corrected chi connectivity index (χ0v) is 17.0. The lowest BCUT2D eigenvalue weighted by molar-refractivity contribution is 0.419. The predicted octanol–water partition coefficient (Wildman–Crippen LogP) is 3.32. The van der Waals surface area contributed by atoms with Crippen molar-refractivity contribution in [2.24, 2.45) is 0 Å². The van der Waals surface area contributed by atoms with Crippen molar-refractivity contribution in [3.63, 3.8) is 0 Å². The van der Waals surface area contributed by atoms with Gasteiger partial charge in [-0.3, -0.25) is 4.79 Å². The maximum Gasteiger partial charge on any atom is 0.191 e. The first kappa shape index (κ1) is 20.3. The predicted molar refractivity (Wildman–Crippen MR) is 116 cm³/mol. The zero-order valence-electron chi connectivity index (χ0n) is 17.0. The highest BCUT2D eigenvalue weighted by atomic mass is 19.1. The summed E-state index contributed by atoms with van der Waals surface area (Å²) >= 11 is 0. The summed E-state index contributed by atoms with van der Waals surface area (Å²) in [5.41, 5.74) is 4.99. The molecular formula is C22H27F2N5O. The number of anilines is 2. The summed E-state index contributed by atoms with van der Waals surface area (Å²) in [5, 5.41) is 5.99. The first-order valence-electron chi connectivity index (χ1n) is 10.4. The molecule has 160 valence electrons. The van der Waals surface area contributed by atoms with E-state index in [1.807, 2.05) is 30.2 Å². The van der Waals surface area contributed by atoms with Gasteiger partial charge in [-0.25, -0.2) is 8.78 Å². The fourth-order valence-corrected chi connectivity index (χ4v) is 4.31. The minimum absolute atomic E-state index is 0.0798. The van der Waals surface area contributed by atoms with Gasteiger partial charge in [-0.05, 0) is 18.9 Å². The topological polar surface area (TPSA) is 75.3 Å². The number of fused-ring (bicyclic) bond motifs is 1. The second kappa shape index (κ2) is 8.38. The summed E-state index contributed by atoms with van der Waals surface area (Å²) in [6.07, 6.45) is 11.4. The minimum atomic E-state index is -0.918. The van der Waals surface area contributed by atoms with Gasteiger partial charge in [0, 0.05) is 45.0 Å². The molecule has 30 heavy (non-hydrogen) atoms. The van der Waals surface area contributed by atoms with Crippen LogP contribution in [0.15, 0.2) is 41.1 Å². The van der Waals surface area contributed by atoms with Crippen LogP contribution in [0.4, 0.5) is 20.2 Å². The molecule has 0 spiro atoms. The summed E-state index contributed by atoms with van der Waals surface area (Å²) in [6, 6.07) is 1.43. The maximum atomic E-state index is 15.5. The number of nitrogens with zero attached hydrogens (tertiary/aromatic N) is 2. The smallest absolute Gasteiger partial charge is 0.191 e. The summed E-state index contributed by atoms with van der Waals surface area (Å²) in [6.45, 7) is 1.55. The van der Waals surface area contributed by atoms with Crippen LogP contribution >= 0.6 is 0 Å². The highest BCUT2D eigenvalue weighted by Gasteiger charge is 2.25. The van der Waals surface area contributed by atoms with Gasteiger partial charge < -0.3 is 25.8 Å². The Bertz CT molecular complexity index is 1070. The van der Waals surface area contributed by atoms with Crippen molar-refractivity contribution in [2.75, 3.05) is 37.7 Å². The first-order chi connectivity index (χ1) is 14.5. The van der Waals surface area contributed by atoms with Crippen LogP contribution in [0.2, 0.25) is 0 Å². The Morgan fingerprint density at radius 2 is 1.90 bits per heavy atom. The highest BCUT2D eigenvalue weighted by Crippen LogP contribution is 2.37. The Morgan fingerprint density at radius 3 is 2.63 bits per heavy atom. The van der Waals surface area contributed by atoms with Gasteiger partial charge in [0.05, 0.1) is 16.6 Å². The molecule has 8 heteroatoms. The number of pyridine rings is 1. The van der Waals surface area contributed by atoms with Crippen molar-refractivity contribution in [2.45, 2.75) is 31.7 Å². The normalized spacial score (nSPS) is 16.9. The average molecular weight is 415 g/mol. The number of nitrogens with one attached hydrogen (secondary N) is 2. The molecule has 1 aliphatic heterocycles. The van der Waals surface area contributed by atoms with E-state index in [2.05, 4.69) is 10.6 Å². The molecule has 1 fully saturated rings. The molecular weight excluding hydrogens is 388 g/mol. The van der Waals surface area contributed by atoms with E-state index in [1.54, 1.807) is 10.8 Å². The molecule has 1 aromatic heterocycles. The molecule has 2 aromatic rings. The van der Waals surface area contributed by atoms with Gasteiger partial charge in [0.1, 0.15) is 11.5 Å². The number of nitrogens with two attached hydrogens (primary N) is 1. The lowest BCUT2D eigenvalue weighted by Crippen LogP contribution is -2.33. The quantitative estimate of drug-likeness (QED) is 0.499. The molecule has 2 heterocycles. The van der Waals surface area contributed by atoms with Gasteiger partial charge in [-0.15, -0.1) is 0 Å². The van der Waals surface area contributed by atoms with E-state index in [4.69, 9.17) is 5.73 Å². The Morgan fingerprint density at radius 1 is 1.17 bits per heavy atom. The van der Waals surface area contributed by atoms with Crippen LogP contribution in [0.3, 0.4) is 0 Å². The van der Waals surface area contributed by atoms with E-state index in [0.29, 0.717) is 6.54 Å². The van der Waals surface area contributed by atoms with E-state index in [1.165, 1.54) is 6.07 Å². The Hall–Kier alpha value is -3.03. The first-order valence-corrected chi connectivity index (χ1v) is 10.4. The SMILES string of the molecule is CN1CC=CC=C1NCCNc1c(F)c(N)c2c(=O)ccn(C3CCCC3)c2c1F. The maximum absolute atomic E-state index is 15.5. The van der Waals surface area contributed by atoms with Gasteiger partial charge in [-0.2, -0.15) is 0 Å². The highest BCUT2D eigenvalue weighted by molar-refractivity contribution is 5.94. The molecule has 4 N–H and O–H groups in total. The van der Waals surface area contributed by atoms with Crippen molar-refractivity contribution in [3.05, 3.63) is 58.2 Å². The van der Waals surface area contributed by atoms with E-state index in [0.717, 1.165) is 38.0 Å². The van der Waals surface area contributed by atoms with Crippen LogP contribution in [0, 0.1) is 11.6 Å². The summed E-state index contributed by atoms with van der Waals surface area (Å²) in [5.74, 6) is -0.746. The number of rotatable bonds is 6. The molecule has 6 nitrogen and oxygen atoms in total. The molecule has 0 radical (unpaired) electrons. The standard InChI is InChI=1S/C22H27F2N5O/c1-28-12-5-4-8-16(28)26-10-11-27-21-18(23)20(25)17-15(30)9-13-29(22(17)19(21)24)14-6-2-3-7-14/h4-5,8-9,13-14,26-27H,2-3,6-7,10-12,25H2,1H3. The van der Waals surface area contributed by atoms with Crippen LogP contribution in [0.5, 0.6) is 0 Å². The summed E-state index contributed by atoms with van der Waals surface area (Å²) < 4.78 is 32.1. The lowest BCUT2D eigenvalue weighted by Gasteiger charge is -2.25. The van der Waals surface area contributed by atoms with Crippen molar-refractivity contribution < 1.29 is 8.78 Å². The van der Waals surface area contributed by atoms with E-state index >= 15 is 4.39 Å². The number of likely N-dealkylation sites (N-methyl/N-ethyl adjacent to an activating group) is 1. The monoisotopic (exact) mass is 415 g/mol. The number of nitrogen functional groups attached to an aromatic ring is 1. The number of halogens is 2. The third kappa shape index (κ3) is 3.62.